The monoisotopic (exact) mass is 285 g/mol. The van der Waals surface area contributed by atoms with Crippen LogP contribution in [-0.2, 0) is 9.31 Å². The van der Waals surface area contributed by atoms with E-state index in [1.54, 1.807) is 0 Å². The Balaban J connectivity index is 1.90. The third-order valence-corrected chi connectivity index (χ3v) is 4.57. The second-order valence-corrected chi connectivity index (χ2v) is 6.64. The van der Waals surface area contributed by atoms with E-state index >= 15 is 0 Å². The minimum absolute atomic E-state index is 0.166. The molecule has 2 heterocycles. The first-order valence-corrected chi connectivity index (χ1v) is 7.30. The molecule has 0 amide bonds. The highest BCUT2D eigenvalue weighted by molar-refractivity contribution is 6.54. The van der Waals surface area contributed by atoms with Gasteiger partial charge in [0.1, 0.15) is 0 Å². The number of aliphatic hydroxyl groups excluding tert-OH is 1. The molecule has 4 nitrogen and oxygen atoms in total. The van der Waals surface area contributed by atoms with Crippen molar-refractivity contribution < 1.29 is 18.8 Å². The highest BCUT2D eigenvalue weighted by Crippen LogP contribution is 2.39. The van der Waals surface area contributed by atoms with E-state index < -0.39 is 6.36 Å². The summed E-state index contributed by atoms with van der Waals surface area (Å²) < 4.78 is 24.5. The van der Waals surface area contributed by atoms with Gasteiger partial charge in [0.05, 0.1) is 11.2 Å². The number of halogens is 1. The Morgan fingerprint density at radius 3 is 2.40 bits per heavy atom. The van der Waals surface area contributed by atoms with E-state index in [0.29, 0.717) is 6.54 Å². The van der Waals surface area contributed by atoms with Gasteiger partial charge in [-0.25, -0.2) is 4.39 Å². The van der Waals surface area contributed by atoms with E-state index in [0.717, 1.165) is 19.5 Å². The molecule has 0 aromatic carbocycles. The Hall–Kier alpha value is -0.425. The van der Waals surface area contributed by atoms with Crippen molar-refractivity contribution in [2.75, 3.05) is 19.6 Å². The second kappa shape index (κ2) is 5.75. The molecule has 1 fully saturated rings. The molecule has 1 atom stereocenters. The molecule has 20 heavy (non-hydrogen) atoms. The maximum absolute atomic E-state index is 12.4. The number of aliphatic hydroxyl groups is 1. The Labute approximate surface area is 121 Å². The molecule has 1 unspecified atom stereocenters. The van der Waals surface area contributed by atoms with Gasteiger partial charge in [-0.05, 0) is 39.6 Å². The third-order valence-electron chi connectivity index (χ3n) is 4.57. The van der Waals surface area contributed by atoms with Crippen LogP contribution < -0.4 is 0 Å². The first-order valence-electron chi connectivity index (χ1n) is 7.30. The van der Waals surface area contributed by atoms with E-state index in [1.165, 1.54) is 5.47 Å². The predicted octanol–water partition coefficient (Wildman–Crippen LogP) is 1.93. The zero-order valence-electron chi connectivity index (χ0n) is 12.9. The standard InChI is InChI=1S/C14H25BFNO3/c1-13(2)14(3,4)20-15(19-13)11-5-8-17(9-6-11)10-7-12(16)18/h5,12,18H,6-10H2,1-4H3. The van der Waals surface area contributed by atoms with Gasteiger partial charge in [-0.15, -0.1) is 0 Å². The summed E-state index contributed by atoms with van der Waals surface area (Å²) in [5.74, 6) is 0. The first kappa shape index (κ1) is 16.0. The summed E-state index contributed by atoms with van der Waals surface area (Å²) in [6, 6.07) is 0. The highest BCUT2D eigenvalue weighted by atomic mass is 19.1. The molecule has 6 heteroatoms. The Bertz CT molecular complexity index is 369. The maximum Gasteiger partial charge on any atom is 0.490 e. The molecular weight excluding hydrogens is 260 g/mol. The molecule has 0 radical (unpaired) electrons. The van der Waals surface area contributed by atoms with Crippen LogP contribution in [0.25, 0.3) is 0 Å². The number of hydrogen-bond donors (Lipinski definition) is 1. The smallest absolute Gasteiger partial charge is 0.400 e. The molecule has 0 saturated carbocycles. The van der Waals surface area contributed by atoms with Gasteiger partial charge in [-0.3, -0.25) is 4.90 Å². The van der Waals surface area contributed by atoms with E-state index in [1.807, 2.05) is 27.7 Å². The van der Waals surface area contributed by atoms with E-state index in [4.69, 9.17) is 14.4 Å². The van der Waals surface area contributed by atoms with Crippen LogP contribution in [0.4, 0.5) is 4.39 Å². The van der Waals surface area contributed by atoms with Crippen molar-refractivity contribution in [1.29, 1.82) is 0 Å². The quantitative estimate of drug-likeness (QED) is 0.801. The van der Waals surface area contributed by atoms with Crippen LogP contribution in [0.15, 0.2) is 11.5 Å². The van der Waals surface area contributed by atoms with Crippen molar-refractivity contribution in [2.45, 2.75) is 58.1 Å². The fourth-order valence-corrected chi connectivity index (χ4v) is 2.43. The normalized spacial score (nSPS) is 27.5. The van der Waals surface area contributed by atoms with Gasteiger partial charge in [-0.2, -0.15) is 0 Å². The second-order valence-electron chi connectivity index (χ2n) is 6.64. The molecule has 2 rings (SSSR count). The largest absolute Gasteiger partial charge is 0.490 e. The molecule has 2 aliphatic rings. The minimum Gasteiger partial charge on any atom is -0.400 e. The zero-order valence-corrected chi connectivity index (χ0v) is 12.9. The SMILES string of the molecule is CC1(C)OB(C2=CCN(CCC(O)F)CC2)OC1(C)C. The summed E-state index contributed by atoms with van der Waals surface area (Å²) in [7, 11) is -0.270. The lowest BCUT2D eigenvalue weighted by molar-refractivity contribution is 0.00578. The van der Waals surface area contributed by atoms with E-state index in [-0.39, 0.29) is 24.7 Å². The lowest BCUT2D eigenvalue weighted by Gasteiger charge is -2.32. The van der Waals surface area contributed by atoms with Crippen molar-refractivity contribution in [3.63, 3.8) is 0 Å². The van der Waals surface area contributed by atoms with Gasteiger partial charge < -0.3 is 14.4 Å². The molecule has 114 valence electrons. The molecule has 1 N–H and O–H groups in total. The van der Waals surface area contributed by atoms with Gasteiger partial charge >= 0.3 is 7.12 Å². The summed E-state index contributed by atoms with van der Waals surface area (Å²) in [4.78, 5) is 2.12. The summed E-state index contributed by atoms with van der Waals surface area (Å²) in [6.45, 7) is 10.4. The van der Waals surface area contributed by atoms with Crippen molar-refractivity contribution in [3.8, 4) is 0 Å². The number of nitrogens with zero attached hydrogens (tertiary/aromatic N) is 1. The third kappa shape index (κ3) is 3.42. The van der Waals surface area contributed by atoms with E-state index in [2.05, 4.69) is 11.0 Å². The van der Waals surface area contributed by atoms with E-state index in [9.17, 15) is 4.39 Å². The molecule has 0 spiro atoms. The van der Waals surface area contributed by atoms with Crippen molar-refractivity contribution >= 4 is 7.12 Å². The van der Waals surface area contributed by atoms with Crippen molar-refractivity contribution in [3.05, 3.63) is 11.5 Å². The fraction of sp³-hybridized carbons (Fsp3) is 0.857. The Morgan fingerprint density at radius 2 is 1.95 bits per heavy atom. The molecule has 0 bridgehead atoms. The van der Waals surface area contributed by atoms with Crippen LogP contribution in [0.5, 0.6) is 0 Å². The lowest BCUT2D eigenvalue weighted by atomic mass is 9.75. The molecule has 0 aromatic rings. The Morgan fingerprint density at radius 1 is 1.35 bits per heavy atom. The Kier molecular flexibility index (Phi) is 4.59. The van der Waals surface area contributed by atoms with Crippen LogP contribution in [-0.4, -0.2) is 54.3 Å². The maximum atomic E-state index is 12.4. The van der Waals surface area contributed by atoms with Crippen molar-refractivity contribution in [2.24, 2.45) is 0 Å². The van der Waals surface area contributed by atoms with Gasteiger partial charge in [0.25, 0.3) is 0 Å². The lowest BCUT2D eigenvalue weighted by Crippen LogP contribution is -2.41. The fourth-order valence-electron chi connectivity index (χ4n) is 2.43. The number of alkyl halides is 1. The molecule has 0 aromatic heterocycles. The van der Waals surface area contributed by atoms with Gasteiger partial charge in [0.2, 0.25) is 0 Å². The summed E-state index contributed by atoms with van der Waals surface area (Å²) in [6.07, 6.45) is 1.42. The van der Waals surface area contributed by atoms with Gasteiger partial charge in [0, 0.05) is 26.1 Å². The molecular formula is C14H25BFNO3. The van der Waals surface area contributed by atoms with Crippen LogP contribution >= 0.6 is 0 Å². The predicted molar refractivity (Wildman–Crippen MR) is 77.0 cm³/mol. The van der Waals surface area contributed by atoms with Crippen LogP contribution in [0, 0.1) is 0 Å². The molecule has 2 aliphatic heterocycles. The van der Waals surface area contributed by atoms with Crippen LogP contribution in [0.1, 0.15) is 40.5 Å². The molecule has 0 aliphatic carbocycles. The van der Waals surface area contributed by atoms with Crippen molar-refractivity contribution in [1.82, 2.24) is 4.90 Å². The van der Waals surface area contributed by atoms with Gasteiger partial charge in [0.15, 0.2) is 6.36 Å². The summed E-state index contributed by atoms with van der Waals surface area (Å²) in [5.41, 5.74) is 0.544. The zero-order chi connectivity index (χ0) is 15.0. The summed E-state index contributed by atoms with van der Waals surface area (Å²) >= 11 is 0. The first-order chi connectivity index (χ1) is 9.21. The summed E-state index contributed by atoms with van der Waals surface area (Å²) in [5, 5.41) is 8.67. The molecule has 1 saturated heterocycles. The average molecular weight is 285 g/mol. The van der Waals surface area contributed by atoms with Crippen LogP contribution in [0.3, 0.4) is 0 Å². The average Bonchev–Trinajstić information content (AvgIpc) is 2.56. The highest BCUT2D eigenvalue weighted by Gasteiger charge is 2.52. The topological polar surface area (TPSA) is 41.9 Å². The van der Waals surface area contributed by atoms with Crippen LogP contribution in [0.2, 0.25) is 0 Å². The minimum atomic E-state index is -1.72. The van der Waals surface area contributed by atoms with Gasteiger partial charge in [-0.1, -0.05) is 6.08 Å². The number of hydrogen-bond acceptors (Lipinski definition) is 4. The number of rotatable bonds is 4.